The van der Waals surface area contributed by atoms with Crippen LogP contribution in [0.1, 0.15) is 64.5 Å². The number of rotatable bonds is 9. The van der Waals surface area contributed by atoms with Crippen molar-refractivity contribution in [2.24, 2.45) is 13.0 Å². The predicted octanol–water partition coefficient (Wildman–Crippen LogP) is 5.50. The minimum atomic E-state index is -0.300. The lowest BCUT2D eigenvalue weighted by atomic mass is 9.95. The number of fused-ring (bicyclic) bond motifs is 1. The molecular formula is C30H38N6O2. The molecule has 2 aliphatic rings. The summed E-state index contributed by atoms with van der Waals surface area (Å²) in [5.41, 5.74) is 2.34. The van der Waals surface area contributed by atoms with Gasteiger partial charge in [-0.3, -0.25) is 9.47 Å². The third-order valence-corrected chi connectivity index (χ3v) is 8.22. The normalized spacial score (nSPS) is 20.9. The molecule has 1 aliphatic carbocycles. The Labute approximate surface area is 225 Å². The monoisotopic (exact) mass is 514 g/mol. The third-order valence-electron chi connectivity index (χ3n) is 8.22. The van der Waals surface area contributed by atoms with Crippen molar-refractivity contribution in [1.29, 1.82) is 0 Å². The molecule has 3 atom stereocenters. The van der Waals surface area contributed by atoms with Crippen LogP contribution < -0.4 is 15.3 Å². The van der Waals surface area contributed by atoms with Gasteiger partial charge in [-0.1, -0.05) is 39.5 Å². The molecule has 1 unspecified atom stereocenters. The van der Waals surface area contributed by atoms with E-state index in [4.69, 9.17) is 11.3 Å². The van der Waals surface area contributed by atoms with Gasteiger partial charge >= 0.3 is 5.69 Å². The Balaban J connectivity index is 1.45. The lowest BCUT2D eigenvalue weighted by Crippen LogP contribution is -2.59. The summed E-state index contributed by atoms with van der Waals surface area (Å²) >= 11 is 0. The van der Waals surface area contributed by atoms with Crippen molar-refractivity contribution in [2.45, 2.75) is 71.0 Å². The summed E-state index contributed by atoms with van der Waals surface area (Å²) in [6.07, 6.45) is 5.49. The second kappa shape index (κ2) is 11.1. The van der Waals surface area contributed by atoms with Gasteiger partial charge in [-0.05, 0) is 67.9 Å². The molecule has 1 aromatic carbocycles. The van der Waals surface area contributed by atoms with Crippen molar-refractivity contribution in [1.82, 2.24) is 19.4 Å². The number of ether oxygens (including phenoxy) is 1. The first kappa shape index (κ1) is 26.2. The molecule has 200 valence electrons. The first-order chi connectivity index (χ1) is 18.5. The minimum absolute atomic E-state index is 0.175. The van der Waals surface area contributed by atoms with E-state index in [2.05, 4.69) is 69.6 Å². The van der Waals surface area contributed by atoms with Gasteiger partial charge in [-0.25, -0.2) is 4.79 Å². The van der Waals surface area contributed by atoms with Crippen LogP contribution >= 0.6 is 0 Å². The summed E-state index contributed by atoms with van der Waals surface area (Å²) < 4.78 is 7.49. The van der Waals surface area contributed by atoms with Gasteiger partial charge in [-0.2, -0.15) is 4.98 Å². The first-order valence-corrected chi connectivity index (χ1v) is 14.0. The zero-order valence-corrected chi connectivity index (χ0v) is 22.9. The first-order valence-electron chi connectivity index (χ1n) is 14.0. The van der Waals surface area contributed by atoms with Crippen molar-refractivity contribution >= 4 is 22.7 Å². The van der Waals surface area contributed by atoms with Gasteiger partial charge < -0.3 is 14.5 Å². The SMILES string of the molecule is [C-]#[N+]c1ccc2c(n1)c(N1C[C@@H](CC)N(C(CC)c3ccc(OCC4CC4)cc3)C[C@@H]1CC)nc(=O)n2C. The van der Waals surface area contributed by atoms with E-state index in [1.807, 2.05) is 6.07 Å². The Morgan fingerprint density at radius 2 is 1.76 bits per heavy atom. The lowest BCUT2D eigenvalue weighted by Gasteiger charge is -2.49. The van der Waals surface area contributed by atoms with Gasteiger partial charge in [0.25, 0.3) is 5.82 Å². The zero-order chi connectivity index (χ0) is 26.8. The van der Waals surface area contributed by atoms with Crippen LogP contribution in [-0.2, 0) is 7.05 Å². The number of nitrogens with zero attached hydrogens (tertiary/aromatic N) is 6. The molecule has 8 heteroatoms. The minimum Gasteiger partial charge on any atom is -0.493 e. The quantitative estimate of drug-likeness (QED) is 0.351. The van der Waals surface area contributed by atoms with Crippen LogP contribution in [0.2, 0.25) is 0 Å². The molecule has 5 rings (SSSR count). The second-order valence-electron chi connectivity index (χ2n) is 10.6. The van der Waals surface area contributed by atoms with Crippen LogP contribution in [0.25, 0.3) is 15.9 Å². The van der Waals surface area contributed by atoms with Crippen molar-refractivity contribution in [3.63, 3.8) is 0 Å². The molecule has 0 amide bonds. The Morgan fingerprint density at radius 3 is 2.39 bits per heavy atom. The number of hydrogen-bond donors (Lipinski definition) is 0. The number of aromatic nitrogens is 3. The molecule has 0 N–H and O–H groups in total. The summed E-state index contributed by atoms with van der Waals surface area (Å²) in [6, 6.07) is 12.9. The Hall–Kier alpha value is -3.44. The van der Waals surface area contributed by atoms with E-state index in [1.165, 1.54) is 23.0 Å². The van der Waals surface area contributed by atoms with Gasteiger partial charge in [0.15, 0.2) is 5.82 Å². The smallest absolute Gasteiger partial charge is 0.350 e. The standard InChI is InChI=1S/C30H38N6O2/c1-6-22-18-36(29-28-26(34(5)30(37)33-29)15-16-27(31-4)32-28)23(7-2)17-35(22)25(8-3)21-11-13-24(14-12-21)38-19-20-9-10-20/h11-16,20,22-23,25H,6-10,17-19H2,1-3,5H3/t22-,23+,25?/m1/s1. The molecule has 38 heavy (non-hydrogen) atoms. The number of anilines is 1. The molecule has 3 heterocycles. The molecule has 8 nitrogen and oxygen atoms in total. The fraction of sp³-hybridized carbons (Fsp3) is 0.533. The molecule has 1 saturated heterocycles. The van der Waals surface area contributed by atoms with Gasteiger partial charge in [0.05, 0.1) is 12.1 Å². The maximum atomic E-state index is 12.8. The lowest BCUT2D eigenvalue weighted by molar-refractivity contribution is 0.0895. The highest BCUT2D eigenvalue weighted by Crippen LogP contribution is 2.36. The van der Waals surface area contributed by atoms with Crippen LogP contribution in [0.5, 0.6) is 5.75 Å². The van der Waals surface area contributed by atoms with Gasteiger partial charge in [0.2, 0.25) is 5.52 Å². The van der Waals surface area contributed by atoms with E-state index < -0.39 is 0 Å². The summed E-state index contributed by atoms with van der Waals surface area (Å²) in [4.78, 5) is 30.4. The van der Waals surface area contributed by atoms with Crippen LogP contribution in [0.3, 0.4) is 0 Å². The molecule has 1 aliphatic heterocycles. The summed E-state index contributed by atoms with van der Waals surface area (Å²) in [6.45, 7) is 16.6. The highest BCUT2D eigenvalue weighted by Gasteiger charge is 2.38. The molecular weight excluding hydrogens is 476 g/mol. The average molecular weight is 515 g/mol. The maximum Gasteiger partial charge on any atom is 0.350 e. The molecule has 0 radical (unpaired) electrons. The number of aryl methyl sites for hydroxylation is 1. The molecule has 2 fully saturated rings. The predicted molar refractivity (Wildman–Crippen MR) is 151 cm³/mol. The number of hydrogen-bond acceptors (Lipinski definition) is 6. The molecule has 3 aromatic rings. The Bertz CT molecular complexity index is 1370. The van der Waals surface area contributed by atoms with E-state index in [9.17, 15) is 4.79 Å². The van der Waals surface area contributed by atoms with E-state index >= 15 is 0 Å². The van der Waals surface area contributed by atoms with Crippen LogP contribution in [0.4, 0.5) is 11.6 Å². The van der Waals surface area contributed by atoms with E-state index in [-0.39, 0.29) is 11.7 Å². The average Bonchev–Trinajstić information content (AvgIpc) is 3.79. The highest BCUT2D eigenvalue weighted by molar-refractivity contribution is 5.87. The fourth-order valence-electron chi connectivity index (χ4n) is 5.73. The Morgan fingerprint density at radius 1 is 1.03 bits per heavy atom. The van der Waals surface area contributed by atoms with Gasteiger partial charge in [0.1, 0.15) is 5.75 Å². The number of piperazine rings is 1. The van der Waals surface area contributed by atoms with Gasteiger partial charge in [-0.15, -0.1) is 4.98 Å². The van der Waals surface area contributed by atoms with Gasteiger partial charge in [0, 0.05) is 38.3 Å². The molecule has 0 spiro atoms. The number of benzene rings is 1. The zero-order valence-electron chi connectivity index (χ0n) is 22.9. The van der Waals surface area contributed by atoms with E-state index in [0.717, 1.165) is 50.6 Å². The summed E-state index contributed by atoms with van der Waals surface area (Å²) in [5.74, 6) is 2.61. The van der Waals surface area contributed by atoms with Crippen LogP contribution in [0, 0.1) is 12.5 Å². The van der Waals surface area contributed by atoms with Crippen molar-refractivity contribution < 1.29 is 4.74 Å². The fourth-order valence-corrected chi connectivity index (χ4v) is 5.73. The van der Waals surface area contributed by atoms with Crippen molar-refractivity contribution in [3.05, 3.63) is 63.9 Å². The highest BCUT2D eigenvalue weighted by atomic mass is 16.5. The van der Waals surface area contributed by atoms with Crippen LogP contribution in [-0.4, -0.2) is 51.2 Å². The largest absolute Gasteiger partial charge is 0.493 e. The van der Waals surface area contributed by atoms with E-state index in [1.54, 1.807) is 13.1 Å². The topological polar surface area (TPSA) is 67.9 Å². The maximum absolute atomic E-state index is 12.8. The van der Waals surface area contributed by atoms with Crippen molar-refractivity contribution in [3.8, 4) is 5.75 Å². The third kappa shape index (κ3) is 5.12. The molecule has 1 saturated carbocycles. The van der Waals surface area contributed by atoms with E-state index in [0.29, 0.717) is 34.8 Å². The second-order valence-corrected chi connectivity index (χ2v) is 10.6. The van der Waals surface area contributed by atoms with Crippen molar-refractivity contribution in [2.75, 3.05) is 24.6 Å². The molecule has 0 bridgehead atoms. The molecule has 2 aromatic heterocycles. The summed E-state index contributed by atoms with van der Waals surface area (Å²) in [7, 11) is 1.71. The Kier molecular flexibility index (Phi) is 7.66. The summed E-state index contributed by atoms with van der Waals surface area (Å²) in [5, 5.41) is 0. The number of pyridine rings is 1. The van der Waals surface area contributed by atoms with Crippen LogP contribution in [0.15, 0.2) is 41.2 Å².